The topological polar surface area (TPSA) is 107 Å². The molecule has 3 N–H and O–H groups in total. The van der Waals surface area contributed by atoms with E-state index in [1.54, 1.807) is 0 Å². The first kappa shape index (κ1) is 13.0. The highest BCUT2D eigenvalue weighted by Crippen LogP contribution is 2.20. The summed E-state index contributed by atoms with van der Waals surface area (Å²) in [4.78, 5) is 34.8. The number of nitrogens with zero attached hydrogens (tertiary/aromatic N) is 1. The number of aliphatic hydroxyl groups is 1. The SMILES string of the molecule is O=C1CN(c2ccc(C(O)C(=O)O)cc2)C(=O)CN1. The van der Waals surface area contributed by atoms with Crippen LogP contribution in [0.2, 0.25) is 0 Å². The zero-order chi connectivity index (χ0) is 14.0. The van der Waals surface area contributed by atoms with Gasteiger partial charge in [0.2, 0.25) is 11.8 Å². The molecule has 1 aliphatic heterocycles. The largest absolute Gasteiger partial charge is 0.479 e. The van der Waals surface area contributed by atoms with Crippen LogP contribution in [0.25, 0.3) is 0 Å². The lowest BCUT2D eigenvalue weighted by Crippen LogP contribution is -2.51. The first-order chi connectivity index (χ1) is 8.99. The van der Waals surface area contributed by atoms with Crippen LogP contribution in [0.5, 0.6) is 0 Å². The fraction of sp³-hybridized carbons (Fsp3) is 0.250. The number of carbonyl (C=O) groups excluding carboxylic acids is 2. The Labute approximate surface area is 108 Å². The van der Waals surface area contributed by atoms with E-state index in [2.05, 4.69) is 5.32 Å². The van der Waals surface area contributed by atoms with Crippen molar-refractivity contribution >= 4 is 23.5 Å². The third-order valence-corrected chi connectivity index (χ3v) is 2.79. The van der Waals surface area contributed by atoms with Crippen LogP contribution in [0.1, 0.15) is 11.7 Å². The standard InChI is InChI=1S/C12H12N2O5/c15-9-6-14(10(16)5-13-9)8-3-1-7(2-4-8)11(17)12(18)19/h1-4,11,17H,5-6H2,(H,13,15)(H,18,19). The number of aliphatic carboxylic acids is 1. The number of carboxylic acid groups (broad SMARTS) is 1. The molecule has 0 aromatic heterocycles. The molecular formula is C12H12N2O5. The molecule has 1 aromatic rings. The minimum Gasteiger partial charge on any atom is -0.479 e. The van der Waals surface area contributed by atoms with Crippen LogP contribution in [0.15, 0.2) is 24.3 Å². The van der Waals surface area contributed by atoms with Gasteiger partial charge < -0.3 is 20.4 Å². The smallest absolute Gasteiger partial charge is 0.337 e. The minimum atomic E-state index is -1.60. The summed E-state index contributed by atoms with van der Waals surface area (Å²) in [6.07, 6.45) is -1.60. The minimum absolute atomic E-state index is 0.0572. The van der Waals surface area contributed by atoms with Crippen LogP contribution in [0.3, 0.4) is 0 Å². The maximum atomic E-state index is 11.6. The number of anilines is 1. The zero-order valence-corrected chi connectivity index (χ0v) is 9.87. The predicted octanol–water partition coefficient (Wildman–Crippen LogP) is -0.733. The molecular weight excluding hydrogens is 252 g/mol. The van der Waals surface area contributed by atoms with Gasteiger partial charge in [-0.3, -0.25) is 9.59 Å². The predicted molar refractivity (Wildman–Crippen MR) is 64.4 cm³/mol. The van der Waals surface area contributed by atoms with Gasteiger partial charge in [0.15, 0.2) is 6.10 Å². The lowest BCUT2D eigenvalue weighted by molar-refractivity contribution is -0.147. The van der Waals surface area contributed by atoms with Gasteiger partial charge in [0.05, 0.1) is 6.54 Å². The first-order valence-electron chi connectivity index (χ1n) is 5.57. The number of hydrogen-bond donors (Lipinski definition) is 3. The highest BCUT2D eigenvalue weighted by Gasteiger charge is 2.24. The quantitative estimate of drug-likeness (QED) is 0.667. The van der Waals surface area contributed by atoms with Crippen molar-refractivity contribution in [1.82, 2.24) is 5.32 Å². The second-order valence-electron chi connectivity index (χ2n) is 4.09. The number of rotatable bonds is 3. The average molecular weight is 264 g/mol. The average Bonchev–Trinajstić information content (AvgIpc) is 2.41. The maximum Gasteiger partial charge on any atom is 0.337 e. The van der Waals surface area contributed by atoms with Crippen molar-refractivity contribution in [3.63, 3.8) is 0 Å². The van der Waals surface area contributed by atoms with E-state index in [9.17, 15) is 19.5 Å². The molecule has 1 atom stereocenters. The van der Waals surface area contributed by atoms with Gasteiger partial charge in [-0.1, -0.05) is 12.1 Å². The Morgan fingerprint density at radius 3 is 2.47 bits per heavy atom. The van der Waals surface area contributed by atoms with E-state index in [1.165, 1.54) is 29.2 Å². The Balaban J connectivity index is 2.20. The molecule has 0 aliphatic carbocycles. The molecule has 0 spiro atoms. The van der Waals surface area contributed by atoms with Crippen LogP contribution < -0.4 is 10.2 Å². The number of nitrogens with one attached hydrogen (secondary N) is 1. The van der Waals surface area contributed by atoms with Crippen molar-refractivity contribution in [2.75, 3.05) is 18.0 Å². The van der Waals surface area contributed by atoms with Crippen LogP contribution in [0, 0.1) is 0 Å². The van der Waals surface area contributed by atoms with E-state index in [0.717, 1.165) is 0 Å². The second kappa shape index (κ2) is 5.07. The molecule has 2 amide bonds. The van der Waals surface area contributed by atoms with Gasteiger partial charge in [0, 0.05) is 5.69 Å². The van der Waals surface area contributed by atoms with Crippen molar-refractivity contribution in [3.8, 4) is 0 Å². The molecule has 1 unspecified atom stereocenters. The van der Waals surface area contributed by atoms with E-state index in [-0.39, 0.29) is 30.5 Å². The van der Waals surface area contributed by atoms with E-state index in [4.69, 9.17) is 5.11 Å². The van der Waals surface area contributed by atoms with Gasteiger partial charge in [-0.05, 0) is 17.7 Å². The number of hydrogen-bond acceptors (Lipinski definition) is 4. The van der Waals surface area contributed by atoms with Gasteiger partial charge in [-0.25, -0.2) is 4.79 Å². The number of benzene rings is 1. The van der Waals surface area contributed by atoms with Gasteiger partial charge in [-0.15, -0.1) is 0 Å². The normalized spacial score (nSPS) is 17.0. The summed E-state index contributed by atoms with van der Waals surface area (Å²) in [6.45, 7) is -0.127. The van der Waals surface area contributed by atoms with Crippen molar-refractivity contribution in [2.45, 2.75) is 6.10 Å². The summed E-state index contributed by atoms with van der Waals surface area (Å²) >= 11 is 0. The molecule has 100 valence electrons. The van der Waals surface area contributed by atoms with Crippen molar-refractivity contribution in [3.05, 3.63) is 29.8 Å². The van der Waals surface area contributed by atoms with E-state index in [0.29, 0.717) is 5.69 Å². The Hall–Kier alpha value is -2.41. The molecule has 2 rings (SSSR count). The van der Waals surface area contributed by atoms with Gasteiger partial charge in [0.1, 0.15) is 6.54 Å². The number of aliphatic hydroxyl groups excluding tert-OH is 1. The fourth-order valence-corrected chi connectivity index (χ4v) is 1.77. The van der Waals surface area contributed by atoms with E-state index >= 15 is 0 Å². The Bertz CT molecular complexity index is 525. The van der Waals surface area contributed by atoms with Crippen LogP contribution in [-0.2, 0) is 14.4 Å². The van der Waals surface area contributed by atoms with E-state index in [1.807, 2.05) is 0 Å². The molecule has 1 aromatic carbocycles. The number of piperazine rings is 1. The Morgan fingerprint density at radius 1 is 1.26 bits per heavy atom. The molecule has 1 fully saturated rings. The van der Waals surface area contributed by atoms with Crippen LogP contribution in [0.4, 0.5) is 5.69 Å². The van der Waals surface area contributed by atoms with Crippen molar-refractivity contribution in [2.24, 2.45) is 0 Å². The van der Waals surface area contributed by atoms with Crippen molar-refractivity contribution < 1.29 is 24.6 Å². The molecule has 19 heavy (non-hydrogen) atoms. The monoisotopic (exact) mass is 264 g/mol. The van der Waals surface area contributed by atoms with Gasteiger partial charge >= 0.3 is 5.97 Å². The van der Waals surface area contributed by atoms with E-state index < -0.39 is 12.1 Å². The lowest BCUT2D eigenvalue weighted by Gasteiger charge is -2.26. The summed E-state index contributed by atoms with van der Waals surface area (Å²) < 4.78 is 0. The maximum absolute atomic E-state index is 11.6. The van der Waals surface area contributed by atoms with Crippen molar-refractivity contribution in [1.29, 1.82) is 0 Å². The summed E-state index contributed by atoms with van der Waals surface area (Å²) in [5.41, 5.74) is 0.700. The Kier molecular flexibility index (Phi) is 3.48. The molecule has 1 aliphatic rings. The molecule has 1 heterocycles. The molecule has 7 nitrogen and oxygen atoms in total. The highest BCUT2D eigenvalue weighted by molar-refractivity contribution is 6.04. The lowest BCUT2D eigenvalue weighted by atomic mass is 10.1. The highest BCUT2D eigenvalue weighted by atomic mass is 16.4. The Morgan fingerprint density at radius 2 is 1.89 bits per heavy atom. The first-order valence-corrected chi connectivity index (χ1v) is 5.57. The van der Waals surface area contributed by atoms with Gasteiger partial charge in [-0.2, -0.15) is 0 Å². The molecule has 0 bridgehead atoms. The fourth-order valence-electron chi connectivity index (χ4n) is 1.77. The summed E-state index contributed by atoms with van der Waals surface area (Å²) in [5, 5.41) is 20.4. The second-order valence-corrected chi connectivity index (χ2v) is 4.09. The summed E-state index contributed by atoms with van der Waals surface area (Å²) in [7, 11) is 0. The third-order valence-electron chi connectivity index (χ3n) is 2.79. The summed E-state index contributed by atoms with van der Waals surface area (Å²) in [6, 6.07) is 5.82. The number of carboxylic acids is 1. The molecule has 0 saturated carbocycles. The molecule has 0 radical (unpaired) electrons. The molecule has 7 heteroatoms. The van der Waals surface area contributed by atoms with Gasteiger partial charge in [0.25, 0.3) is 0 Å². The molecule has 1 saturated heterocycles. The number of carbonyl (C=O) groups is 3. The zero-order valence-electron chi connectivity index (χ0n) is 9.87. The van der Waals surface area contributed by atoms with Crippen LogP contribution in [-0.4, -0.2) is 41.1 Å². The number of amides is 2. The summed E-state index contributed by atoms with van der Waals surface area (Å²) in [5.74, 6) is -1.85. The van der Waals surface area contributed by atoms with Crippen LogP contribution >= 0.6 is 0 Å². The third kappa shape index (κ3) is 2.71.